The highest BCUT2D eigenvalue weighted by Crippen LogP contribution is 2.50. The highest BCUT2D eigenvalue weighted by molar-refractivity contribution is 5.75. The highest BCUT2D eigenvalue weighted by atomic mass is 19.2. The van der Waals surface area contributed by atoms with Gasteiger partial charge in [-0.2, -0.15) is 0 Å². The number of nitrogens with zero attached hydrogens (tertiary/aromatic N) is 1. The minimum Gasteiger partial charge on any atom is -0.384 e. The van der Waals surface area contributed by atoms with Gasteiger partial charge in [-0.15, -0.1) is 0 Å². The molecule has 1 saturated carbocycles. The van der Waals surface area contributed by atoms with Crippen molar-refractivity contribution in [3.8, 4) is 11.1 Å². The molecule has 0 bridgehead atoms. The normalized spacial score (nSPS) is 20.6. The Bertz CT molecular complexity index is 1240. The molecule has 3 aromatic rings. The van der Waals surface area contributed by atoms with E-state index in [1.807, 2.05) is 31.2 Å². The Labute approximate surface area is 207 Å². The van der Waals surface area contributed by atoms with Gasteiger partial charge in [0.05, 0.1) is 5.69 Å². The van der Waals surface area contributed by atoms with Gasteiger partial charge in [0, 0.05) is 17.2 Å². The van der Waals surface area contributed by atoms with Crippen LogP contribution in [-0.2, 0) is 6.42 Å². The lowest BCUT2D eigenvalue weighted by molar-refractivity contribution is 0.217. The number of fused-ring (bicyclic) bond motifs is 1. The van der Waals surface area contributed by atoms with Crippen molar-refractivity contribution in [3.63, 3.8) is 0 Å². The van der Waals surface area contributed by atoms with Crippen LogP contribution in [0.5, 0.6) is 0 Å². The van der Waals surface area contributed by atoms with E-state index >= 15 is 0 Å². The van der Waals surface area contributed by atoms with Crippen molar-refractivity contribution in [2.75, 3.05) is 0 Å². The molecule has 2 atom stereocenters. The zero-order chi connectivity index (χ0) is 24.9. The molecule has 2 aliphatic carbocycles. The van der Waals surface area contributed by atoms with E-state index < -0.39 is 17.7 Å². The Morgan fingerprint density at radius 3 is 2.34 bits per heavy atom. The van der Waals surface area contributed by atoms with Gasteiger partial charge in [0.25, 0.3) is 0 Å². The van der Waals surface area contributed by atoms with Gasteiger partial charge >= 0.3 is 0 Å². The summed E-state index contributed by atoms with van der Waals surface area (Å²) in [4.78, 5) is 5.30. The first-order valence-electron chi connectivity index (χ1n) is 12.9. The fraction of sp³-hybridized carbons (Fsp3) is 0.452. The molecule has 1 N–H and O–H groups in total. The monoisotopic (exact) mass is 475 g/mol. The van der Waals surface area contributed by atoms with Crippen LogP contribution in [0, 0.1) is 24.0 Å². The maximum atomic E-state index is 14.6. The van der Waals surface area contributed by atoms with Crippen molar-refractivity contribution in [2.45, 2.75) is 84.2 Å². The van der Waals surface area contributed by atoms with Crippen molar-refractivity contribution >= 4 is 0 Å². The molecule has 2 aliphatic rings. The molecular weight excluding hydrogens is 440 g/mol. The Morgan fingerprint density at radius 1 is 1.00 bits per heavy atom. The largest absolute Gasteiger partial charge is 0.384 e. The molecule has 184 valence electrons. The number of aromatic nitrogens is 1. The second kappa shape index (κ2) is 9.13. The van der Waals surface area contributed by atoms with Gasteiger partial charge in [-0.05, 0) is 78.3 Å². The molecule has 0 spiro atoms. The number of aliphatic hydroxyl groups is 1. The van der Waals surface area contributed by atoms with E-state index in [9.17, 15) is 13.9 Å². The third-order valence-corrected chi connectivity index (χ3v) is 8.00. The van der Waals surface area contributed by atoms with Crippen LogP contribution in [0.1, 0.15) is 104 Å². The van der Waals surface area contributed by atoms with Crippen molar-refractivity contribution in [3.05, 3.63) is 87.7 Å². The second-order valence-electron chi connectivity index (χ2n) is 11.5. The van der Waals surface area contributed by atoms with Crippen LogP contribution in [0.3, 0.4) is 0 Å². The Balaban J connectivity index is 1.84. The molecule has 0 radical (unpaired) electrons. The molecule has 0 amide bonds. The topological polar surface area (TPSA) is 33.1 Å². The molecule has 35 heavy (non-hydrogen) atoms. The summed E-state index contributed by atoms with van der Waals surface area (Å²) >= 11 is 0. The van der Waals surface area contributed by atoms with Gasteiger partial charge in [0.1, 0.15) is 6.10 Å². The Kier molecular flexibility index (Phi) is 6.29. The number of halogens is 2. The number of hydrogen-bond acceptors (Lipinski definition) is 2. The molecule has 2 nitrogen and oxygen atoms in total. The predicted octanol–water partition coefficient (Wildman–Crippen LogP) is 8.15. The molecule has 4 heteroatoms. The number of aliphatic hydroxyl groups excluding tert-OH is 1. The van der Waals surface area contributed by atoms with Crippen LogP contribution in [0.4, 0.5) is 8.78 Å². The lowest BCUT2D eigenvalue weighted by atomic mass is 9.68. The quantitative estimate of drug-likeness (QED) is 0.413. The third kappa shape index (κ3) is 4.53. The smallest absolute Gasteiger partial charge is 0.159 e. The summed E-state index contributed by atoms with van der Waals surface area (Å²) < 4.78 is 28.5. The molecule has 0 saturated heterocycles. The fourth-order valence-corrected chi connectivity index (χ4v) is 6.47. The molecule has 1 heterocycles. The molecule has 1 aromatic heterocycles. The van der Waals surface area contributed by atoms with Gasteiger partial charge in [-0.3, -0.25) is 4.98 Å². The van der Waals surface area contributed by atoms with Crippen LogP contribution in [0.25, 0.3) is 11.1 Å². The summed E-state index contributed by atoms with van der Waals surface area (Å²) in [5, 5.41) is 11.9. The molecule has 0 aliphatic heterocycles. The van der Waals surface area contributed by atoms with Crippen LogP contribution in [-0.4, -0.2) is 10.1 Å². The van der Waals surface area contributed by atoms with Crippen molar-refractivity contribution in [1.29, 1.82) is 0 Å². The average molecular weight is 476 g/mol. The van der Waals surface area contributed by atoms with E-state index in [1.54, 1.807) is 6.07 Å². The Morgan fingerprint density at radius 2 is 1.69 bits per heavy atom. The maximum absolute atomic E-state index is 14.6. The highest BCUT2D eigenvalue weighted by Gasteiger charge is 2.38. The van der Waals surface area contributed by atoms with Crippen LogP contribution >= 0.6 is 0 Å². The van der Waals surface area contributed by atoms with E-state index in [1.165, 1.54) is 12.1 Å². The van der Waals surface area contributed by atoms with Gasteiger partial charge in [0.15, 0.2) is 11.6 Å². The van der Waals surface area contributed by atoms with E-state index in [-0.39, 0.29) is 17.3 Å². The minimum atomic E-state index is -0.894. The van der Waals surface area contributed by atoms with Gasteiger partial charge in [-0.1, -0.05) is 69.5 Å². The standard InChI is InChI=1S/C31H35F2NO/c1-18-9-11-21(12-10-18)30(35)28-27(22-13-14-23(32)24(33)15-22)26-19(2)16-31(3,4)17-25(26)34-29(28)20-7-5-6-8-20/h9-15,19-20,30,35H,5-8,16-17H2,1-4H3/t19-,30+/m0/s1. The second-order valence-corrected chi connectivity index (χ2v) is 11.5. The zero-order valence-electron chi connectivity index (χ0n) is 21.2. The summed E-state index contributed by atoms with van der Waals surface area (Å²) in [5.74, 6) is -1.27. The summed E-state index contributed by atoms with van der Waals surface area (Å²) in [6.07, 6.45) is 5.28. The van der Waals surface area contributed by atoms with Gasteiger partial charge in [-0.25, -0.2) is 8.78 Å². The van der Waals surface area contributed by atoms with Gasteiger partial charge < -0.3 is 5.11 Å². The molecule has 5 rings (SSSR count). The number of benzene rings is 2. The van der Waals surface area contributed by atoms with Crippen LogP contribution in [0.2, 0.25) is 0 Å². The molecular formula is C31H35F2NO. The van der Waals surface area contributed by atoms with Crippen LogP contribution in [0.15, 0.2) is 42.5 Å². The van der Waals surface area contributed by atoms with E-state index in [0.29, 0.717) is 5.56 Å². The molecule has 2 aromatic carbocycles. The lowest BCUT2D eigenvalue weighted by Gasteiger charge is -2.38. The van der Waals surface area contributed by atoms with Crippen molar-refractivity contribution < 1.29 is 13.9 Å². The maximum Gasteiger partial charge on any atom is 0.159 e. The predicted molar refractivity (Wildman–Crippen MR) is 137 cm³/mol. The summed E-state index contributed by atoms with van der Waals surface area (Å²) in [6, 6.07) is 12.1. The van der Waals surface area contributed by atoms with Crippen molar-refractivity contribution in [1.82, 2.24) is 4.98 Å². The number of rotatable bonds is 4. The summed E-state index contributed by atoms with van der Waals surface area (Å²) in [7, 11) is 0. The van der Waals surface area contributed by atoms with E-state index in [0.717, 1.165) is 77.7 Å². The molecule has 0 unspecified atom stereocenters. The first kappa shape index (κ1) is 24.1. The number of aryl methyl sites for hydroxylation is 1. The minimum absolute atomic E-state index is 0.106. The first-order valence-corrected chi connectivity index (χ1v) is 12.9. The van der Waals surface area contributed by atoms with E-state index in [2.05, 4.69) is 20.8 Å². The first-order chi connectivity index (χ1) is 16.6. The van der Waals surface area contributed by atoms with E-state index in [4.69, 9.17) is 4.98 Å². The number of pyridine rings is 1. The lowest BCUT2D eigenvalue weighted by Crippen LogP contribution is -2.28. The van der Waals surface area contributed by atoms with Gasteiger partial charge in [0.2, 0.25) is 0 Å². The summed E-state index contributed by atoms with van der Waals surface area (Å²) in [6.45, 7) is 8.77. The fourth-order valence-electron chi connectivity index (χ4n) is 6.47. The SMILES string of the molecule is Cc1ccc([C@@H](O)c2c(C3CCCC3)nc3c(c2-c2ccc(F)c(F)c2)[C@@H](C)CC(C)(C)C3)cc1. The molecule has 1 fully saturated rings. The number of hydrogen-bond donors (Lipinski definition) is 1. The average Bonchev–Trinajstić information content (AvgIpc) is 3.34. The third-order valence-electron chi connectivity index (χ3n) is 8.00. The van der Waals surface area contributed by atoms with Crippen molar-refractivity contribution in [2.24, 2.45) is 5.41 Å². The zero-order valence-corrected chi connectivity index (χ0v) is 21.2. The van der Waals surface area contributed by atoms with Crippen LogP contribution < -0.4 is 0 Å². The summed E-state index contributed by atoms with van der Waals surface area (Å²) in [5.41, 5.74) is 7.35. The Hall–Kier alpha value is -2.59.